The summed E-state index contributed by atoms with van der Waals surface area (Å²) in [6.07, 6.45) is 1.77. The number of ether oxygens (including phenoxy) is 2. The lowest BCUT2D eigenvalue weighted by Crippen LogP contribution is -2.37. The molecule has 6 rings (SSSR count). The summed E-state index contributed by atoms with van der Waals surface area (Å²) in [6, 6.07) is 20.4. The van der Waals surface area contributed by atoms with Crippen LogP contribution in [0.5, 0.6) is 5.88 Å². The van der Waals surface area contributed by atoms with Gasteiger partial charge in [0.1, 0.15) is 11.6 Å². The van der Waals surface area contributed by atoms with Gasteiger partial charge in [0, 0.05) is 67.3 Å². The van der Waals surface area contributed by atoms with Crippen molar-refractivity contribution in [2.45, 2.75) is 0 Å². The fourth-order valence-electron chi connectivity index (χ4n) is 5.11. The maximum absolute atomic E-state index is 14.5. The van der Waals surface area contributed by atoms with E-state index >= 15 is 0 Å². The minimum atomic E-state index is -0.722. The van der Waals surface area contributed by atoms with Crippen LogP contribution in [0.4, 0.5) is 26.4 Å². The molecule has 0 saturated carbocycles. The van der Waals surface area contributed by atoms with Gasteiger partial charge in [0.15, 0.2) is 5.82 Å². The van der Waals surface area contributed by atoms with Crippen LogP contribution in [-0.4, -0.2) is 79.3 Å². The Balaban J connectivity index is 1.24. The number of morpholine rings is 1. The molecule has 3 heterocycles. The van der Waals surface area contributed by atoms with E-state index in [4.69, 9.17) is 19.4 Å². The number of rotatable bonds is 7. The number of amides is 3. The molecule has 0 radical (unpaired) electrons. The Bertz CT molecular complexity index is 1890. The molecule has 11 nitrogen and oxygen atoms in total. The van der Waals surface area contributed by atoms with E-state index in [-0.39, 0.29) is 11.3 Å². The minimum Gasteiger partial charge on any atom is -0.481 e. The first-order chi connectivity index (χ1) is 22.3. The van der Waals surface area contributed by atoms with Crippen molar-refractivity contribution >= 4 is 40.0 Å². The number of pyridine rings is 1. The predicted molar refractivity (Wildman–Crippen MR) is 175 cm³/mol. The quantitative estimate of drug-likeness (QED) is 0.238. The normalized spacial score (nSPS) is 12.9. The van der Waals surface area contributed by atoms with E-state index in [1.54, 1.807) is 39.5 Å². The summed E-state index contributed by atoms with van der Waals surface area (Å²) in [4.78, 5) is 42.5. The van der Waals surface area contributed by atoms with Gasteiger partial charge < -0.3 is 29.9 Å². The van der Waals surface area contributed by atoms with Crippen molar-refractivity contribution in [3.05, 3.63) is 90.4 Å². The molecule has 46 heavy (non-hydrogen) atoms. The number of aromatic nitrogens is 3. The van der Waals surface area contributed by atoms with Crippen molar-refractivity contribution in [3.63, 3.8) is 0 Å². The van der Waals surface area contributed by atoms with Crippen molar-refractivity contribution in [2.75, 3.05) is 63.0 Å². The number of fused-ring (bicyclic) bond motifs is 1. The molecule has 2 aromatic heterocycles. The average Bonchev–Trinajstić information content (AvgIpc) is 3.08. The standard InChI is InChI=1S/C34H32FN7O4/c1-41(2)33(43)26-12-10-25(19-28(26)35)38-34(44)37-24-8-4-21(5-9-24)31-39-29-18-22(23-7-13-30(45-3)36-20-23)6-11-27(29)32(40-31)42-14-16-46-17-15-42/h4-13,18-20H,14-17H2,1-3H3,(H2,37,38,44). The SMILES string of the molecule is COc1ccc(-c2ccc3c(N4CCOCC4)nc(-c4ccc(NC(=O)Nc5ccc(C(=O)N(C)C)c(F)c5)cc4)nc3c2)cn1. The number of urea groups is 1. The van der Waals surface area contributed by atoms with Gasteiger partial charge in [0.2, 0.25) is 5.88 Å². The van der Waals surface area contributed by atoms with Gasteiger partial charge in [-0.05, 0) is 66.2 Å². The number of hydrogen-bond donors (Lipinski definition) is 2. The van der Waals surface area contributed by atoms with E-state index in [1.165, 1.54) is 17.0 Å². The fourth-order valence-corrected chi connectivity index (χ4v) is 5.11. The van der Waals surface area contributed by atoms with E-state index in [0.29, 0.717) is 43.7 Å². The summed E-state index contributed by atoms with van der Waals surface area (Å²) in [5.74, 6) is 0.726. The highest BCUT2D eigenvalue weighted by Gasteiger charge is 2.19. The molecule has 5 aromatic rings. The number of carbonyl (C=O) groups is 2. The highest BCUT2D eigenvalue weighted by atomic mass is 19.1. The number of nitrogens with one attached hydrogen (secondary N) is 2. The maximum Gasteiger partial charge on any atom is 0.323 e. The van der Waals surface area contributed by atoms with Crippen LogP contribution < -0.4 is 20.3 Å². The van der Waals surface area contributed by atoms with Crippen LogP contribution in [0.15, 0.2) is 79.0 Å². The Labute approximate surface area is 265 Å². The molecule has 234 valence electrons. The summed E-state index contributed by atoms with van der Waals surface area (Å²) in [5.41, 5.74) is 4.11. The van der Waals surface area contributed by atoms with Crippen molar-refractivity contribution in [1.29, 1.82) is 0 Å². The molecule has 2 N–H and O–H groups in total. The van der Waals surface area contributed by atoms with E-state index in [2.05, 4.69) is 20.5 Å². The zero-order valence-corrected chi connectivity index (χ0v) is 25.6. The van der Waals surface area contributed by atoms with Gasteiger partial charge in [0.05, 0.1) is 31.4 Å². The van der Waals surface area contributed by atoms with Crippen LogP contribution in [0, 0.1) is 5.82 Å². The van der Waals surface area contributed by atoms with Gasteiger partial charge in [-0.15, -0.1) is 0 Å². The molecule has 1 aliphatic heterocycles. The van der Waals surface area contributed by atoms with Gasteiger partial charge in [-0.3, -0.25) is 4.79 Å². The second-order valence-electron chi connectivity index (χ2n) is 10.8. The van der Waals surface area contributed by atoms with Gasteiger partial charge in [-0.1, -0.05) is 6.07 Å². The average molecular weight is 622 g/mol. The molecular formula is C34H32FN7O4. The first kappa shape index (κ1) is 30.4. The van der Waals surface area contributed by atoms with E-state index in [9.17, 15) is 14.0 Å². The Morgan fingerprint density at radius 1 is 0.870 bits per heavy atom. The maximum atomic E-state index is 14.5. The summed E-state index contributed by atoms with van der Waals surface area (Å²) in [6.45, 7) is 2.66. The summed E-state index contributed by atoms with van der Waals surface area (Å²) >= 11 is 0. The Kier molecular flexibility index (Phi) is 8.70. The third-order valence-electron chi connectivity index (χ3n) is 7.53. The molecule has 1 aliphatic rings. The van der Waals surface area contributed by atoms with Gasteiger partial charge in [-0.2, -0.15) is 0 Å². The zero-order valence-electron chi connectivity index (χ0n) is 25.6. The Morgan fingerprint density at radius 3 is 2.24 bits per heavy atom. The highest BCUT2D eigenvalue weighted by molar-refractivity contribution is 6.01. The molecule has 12 heteroatoms. The monoisotopic (exact) mass is 621 g/mol. The molecule has 3 aromatic carbocycles. The van der Waals surface area contributed by atoms with Gasteiger partial charge in [0.25, 0.3) is 5.91 Å². The van der Waals surface area contributed by atoms with Crippen molar-refractivity contribution in [1.82, 2.24) is 19.9 Å². The van der Waals surface area contributed by atoms with Crippen molar-refractivity contribution in [3.8, 4) is 28.4 Å². The van der Waals surface area contributed by atoms with Crippen LogP contribution >= 0.6 is 0 Å². The zero-order chi connectivity index (χ0) is 32.2. The molecule has 0 atom stereocenters. The third-order valence-corrected chi connectivity index (χ3v) is 7.53. The van der Waals surface area contributed by atoms with Gasteiger partial charge >= 0.3 is 6.03 Å². The number of methoxy groups -OCH3 is 1. The predicted octanol–water partition coefficient (Wildman–Crippen LogP) is 5.69. The molecular weight excluding hydrogens is 589 g/mol. The van der Waals surface area contributed by atoms with Crippen LogP contribution in [0.25, 0.3) is 33.4 Å². The second kappa shape index (κ2) is 13.2. The van der Waals surface area contributed by atoms with E-state index in [0.717, 1.165) is 39.5 Å². The highest BCUT2D eigenvalue weighted by Crippen LogP contribution is 2.32. The first-order valence-electron chi connectivity index (χ1n) is 14.6. The lowest BCUT2D eigenvalue weighted by atomic mass is 10.0. The molecule has 3 amide bonds. The number of halogens is 1. The minimum absolute atomic E-state index is 0.0757. The molecule has 0 spiro atoms. The van der Waals surface area contributed by atoms with Crippen molar-refractivity contribution < 1.29 is 23.5 Å². The van der Waals surface area contributed by atoms with Crippen LogP contribution in [0.2, 0.25) is 0 Å². The lowest BCUT2D eigenvalue weighted by Gasteiger charge is -2.29. The summed E-state index contributed by atoms with van der Waals surface area (Å²) in [5, 5.41) is 6.27. The first-order valence-corrected chi connectivity index (χ1v) is 14.6. The third kappa shape index (κ3) is 6.57. The topological polar surface area (TPSA) is 122 Å². The molecule has 0 aliphatic carbocycles. The Morgan fingerprint density at radius 2 is 1.57 bits per heavy atom. The molecule has 0 unspecified atom stereocenters. The lowest BCUT2D eigenvalue weighted by molar-refractivity contribution is 0.0823. The number of nitrogens with zero attached hydrogens (tertiary/aromatic N) is 5. The Hall–Kier alpha value is -5.62. The van der Waals surface area contributed by atoms with Crippen LogP contribution in [0.3, 0.4) is 0 Å². The van der Waals surface area contributed by atoms with Crippen LogP contribution in [0.1, 0.15) is 10.4 Å². The summed E-state index contributed by atoms with van der Waals surface area (Å²) < 4.78 is 25.3. The van der Waals surface area contributed by atoms with E-state index in [1.807, 2.05) is 42.5 Å². The molecule has 1 saturated heterocycles. The second-order valence-corrected chi connectivity index (χ2v) is 10.8. The number of carbonyl (C=O) groups excluding carboxylic acids is 2. The number of anilines is 3. The largest absolute Gasteiger partial charge is 0.481 e. The summed E-state index contributed by atoms with van der Waals surface area (Å²) in [7, 11) is 4.67. The number of hydrogen-bond acceptors (Lipinski definition) is 8. The van der Waals surface area contributed by atoms with Gasteiger partial charge in [-0.25, -0.2) is 24.1 Å². The fraction of sp³-hybridized carbons (Fsp3) is 0.206. The van der Waals surface area contributed by atoms with Crippen molar-refractivity contribution in [2.24, 2.45) is 0 Å². The smallest absolute Gasteiger partial charge is 0.323 e. The number of benzene rings is 3. The molecule has 0 bridgehead atoms. The van der Waals surface area contributed by atoms with Crippen LogP contribution in [-0.2, 0) is 4.74 Å². The van der Waals surface area contributed by atoms with E-state index < -0.39 is 17.8 Å². The molecule has 1 fully saturated rings.